The number of hydrogen-bond acceptors (Lipinski definition) is 4. The predicted octanol–water partition coefficient (Wildman–Crippen LogP) is 9.66. The monoisotopic (exact) mass is 522 g/mol. The number of ether oxygens (including phenoxy) is 3. The molecule has 0 radical (unpaired) electrons. The molecule has 1 atom stereocenters. The summed E-state index contributed by atoms with van der Waals surface area (Å²) < 4.78 is 17.4. The molecule has 0 heterocycles. The Labute approximate surface area is 231 Å². The van der Waals surface area contributed by atoms with E-state index in [-0.39, 0.29) is 5.97 Å². The van der Waals surface area contributed by atoms with Gasteiger partial charge in [-0.1, -0.05) is 85.0 Å². The van der Waals surface area contributed by atoms with Gasteiger partial charge in [0.25, 0.3) is 0 Å². The second-order valence-corrected chi connectivity index (χ2v) is 11.3. The lowest BCUT2D eigenvalue weighted by molar-refractivity contribution is 0.0734. The molecule has 0 amide bonds. The third kappa shape index (κ3) is 11.1. The Morgan fingerprint density at radius 2 is 1.39 bits per heavy atom. The second-order valence-electron chi connectivity index (χ2n) is 11.3. The highest BCUT2D eigenvalue weighted by Crippen LogP contribution is 2.32. The van der Waals surface area contributed by atoms with Gasteiger partial charge >= 0.3 is 5.97 Å². The van der Waals surface area contributed by atoms with Crippen LogP contribution in [-0.2, 0) is 0 Å². The lowest BCUT2D eigenvalue weighted by atomic mass is 9.80. The third-order valence-corrected chi connectivity index (χ3v) is 8.10. The highest BCUT2D eigenvalue weighted by Gasteiger charge is 2.21. The normalized spacial score (nSPS) is 18.1. The summed E-state index contributed by atoms with van der Waals surface area (Å²) in [7, 11) is 0. The van der Waals surface area contributed by atoms with Crippen LogP contribution in [0.1, 0.15) is 115 Å². The molecule has 0 spiro atoms. The molecule has 0 N–H and O–H groups in total. The van der Waals surface area contributed by atoms with Gasteiger partial charge in [0.1, 0.15) is 17.2 Å². The molecule has 38 heavy (non-hydrogen) atoms. The van der Waals surface area contributed by atoms with Gasteiger partial charge in [-0.3, -0.25) is 0 Å². The molecule has 3 rings (SSSR count). The van der Waals surface area contributed by atoms with Crippen molar-refractivity contribution in [1.29, 1.82) is 0 Å². The molecule has 0 aromatic heterocycles. The van der Waals surface area contributed by atoms with Crippen molar-refractivity contribution < 1.29 is 19.0 Å². The van der Waals surface area contributed by atoms with E-state index in [2.05, 4.69) is 20.8 Å². The van der Waals surface area contributed by atoms with Crippen LogP contribution in [0.15, 0.2) is 48.5 Å². The van der Waals surface area contributed by atoms with Gasteiger partial charge in [-0.25, -0.2) is 4.79 Å². The SMILES string of the molecule is CCCCC[C@H]1CC[C@H](COc2ccc(C(=O)Oc3ccc(OCCCCCC(C)CC)cc3)cc2)CC1. The summed E-state index contributed by atoms with van der Waals surface area (Å²) >= 11 is 0. The van der Waals surface area contributed by atoms with Gasteiger partial charge in [-0.2, -0.15) is 0 Å². The smallest absolute Gasteiger partial charge is 0.343 e. The van der Waals surface area contributed by atoms with Crippen LogP contribution in [0.5, 0.6) is 17.2 Å². The fourth-order valence-corrected chi connectivity index (χ4v) is 5.21. The Morgan fingerprint density at radius 3 is 2.08 bits per heavy atom. The van der Waals surface area contributed by atoms with Crippen molar-refractivity contribution >= 4 is 5.97 Å². The van der Waals surface area contributed by atoms with Crippen molar-refractivity contribution in [2.45, 2.75) is 104 Å². The zero-order chi connectivity index (χ0) is 27.0. The van der Waals surface area contributed by atoms with Crippen LogP contribution in [0, 0.1) is 17.8 Å². The Morgan fingerprint density at radius 1 is 0.763 bits per heavy atom. The van der Waals surface area contributed by atoms with Crippen molar-refractivity contribution in [3.63, 3.8) is 0 Å². The first-order chi connectivity index (χ1) is 18.6. The van der Waals surface area contributed by atoms with E-state index in [1.54, 1.807) is 24.3 Å². The fourth-order valence-electron chi connectivity index (χ4n) is 5.21. The third-order valence-electron chi connectivity index (χ3n) is 8.10. The van der Waals surface area contributed by atoms with Crippen LogP contribution in [0.25, 0.3) is 0 Å². The van der Waals surface area contributed by atoms with E-state index in [9.17, 15) is 4.79 Å². The molecule has 2 aromatic carbocycles. The molecule has 4 nitrogen and oxygen atoms in total. The minimum Gasteiger partial charge on any atom is -0.494 e. The van der Waals surface area contributed by atoms with Crippen LogP contribution in [0.2, 0.25) is 0 Å². The fraction of sp³-hybridized carbons (Fsp3) is 0.618. The van der Waals surface area contributed by atoms with Crippen molar-refractivity contribution in [3.8, 4) is 17.2 Å². The molecule has 2 aromatic rings. The molecule has 1 aliphatic carbocycles. The predicted molar refractivity (Wildman–Crippen MR) is 156 cm³/mol. The van der Waals surface area contributed by atoms with Crippen molar-refractivity contribution in [2.75, 3.05) is 13.2 Å². The van der Waals surface area contributed by atoms with Crippen LogP contribution < -0.4 is 14.2 Å². The van der Waals surface area contributed by atoms with Crippen molar-refractivity contribution in [3.05, 3.63) is 54.1 Å². The maximum absolute atomic E-state index is 12.6. The molecule has 4 heteroatoms. The van der Waals surface area contributed by atoms with Gasteiger partial charge in [0.05, 0.1) is 18.8 Å². The van der Waals surface area contributed by atoms with Crippen LogP contribution in [0.3, 0.4) is 0 Å². The maximum atomic E-state index is 12.6. The Kier molecular flexibility index (Phi) is 13.6. The highest BCUT2D eigenvalue weighted by molar-refractivity contribution is 5.91. The van der Waals surface area contributed by atoms with E-state index >= 15 is 0 Å². The second kappa shape index (κ2) is 17.2. The molecule has 210 valence electrons. The van der Waals surface area contributed by atoms with Crippen LogP contribution in [0.4, 0.5) is 0 Å². The molecular weight excluding hydrogens is 472 g/mol. The number of carbonyl (C=O) groups is 1. The van der Waals surface area contributed by atoms with Crippen LogP contribution in [-0.4, -0.2) is 19.2 Å². The molecule has 0 bridgehead atoms. The van der Waals surface area contributed by atoms with Crippen molar-refractivity contribution in [1.82, 2.24) is 0 Å². The number of unbranched alkanes of at least 4 members (excludes halogenated alkanes) is 4. The van der Waals surface area contributed by atoms with Crippen molar-refractivity contribution in [2.24, 2.45) is 17.8 Å². The van der Waals surface area contributed by atoms with Gasteiger partial charge in [0, 0.05) is 0 Å². The summed E-state index contributed by atoms with van der Waals surface area (Å²) in [5.74, 6) is 4.14. The van der Waals surface area contributed by atoms with E-state index in [4.69, 9.17) is 14.2 Å². The van der Waals surface area contributed by atoms with E-state index < -0.39 is 0 Å². The number of carbonyl (C=O) groups excluding carboxylic acids is 1. The van der Waals surface area contributed by atoms with Gasteiger partial charge in [0.2, 0.25) is 0 Å². The first kappa shape index (κ1) is 30.1. The lowest BCUT2D eigenvalue weighted by Crippen LogP contribution is -2.20. The number of benzene rings is 2. The molecule has 0 saturated heterocycles. The quantitative estimate of drug-likeness (QED) is 0.118. The topological polar surface area (TPSA) is 44.8 Å². The minimum absolute atomic E-state index is 0.368. The molecular formula is C34H50O4. The van der Waals surface area contributed by atoms with Gasteiger partial charge in [-0.15, -0.1) is 0 Å². The lowest BCUT2D eigenvalue weighted by Gasteiger charge is -2.28. The van der Waals surface area contributed by atoms with E-state index in [0.717, 1.165) is 36.4 Å². The Balaban J connectivity index is 1.32. The Bertz CT molecular complexity index is 897. The summed E-state index contributed by atoms with van der Waals surface area (Å²) in [5, 5.41) is 0. The van der Waals surface area contributed by atoms with Gasteiger partial charge in [-0.05, 0) is 85.5 Å². The first-order valence-corrected chi connectivity index (χ1v) is 15.2. The number of rotatable bonds is 17. The molecule has 1 fully saturated rings. The summed E-state index contributed by atoms with van der Waals surface area (Å²) in [6.45, 7) is 8.32. The molecule has 0 aliphatic heterocycles. The summed E-state index contributed by atoms with van der Waals surface area (Å²) in [4.78, 5) is 12.6. The van der Waals surface area contributed by atoms with Gasteiger partial charge in [0.15, 0.2) is 0 Å². The molecule has 1 aliphatic rings. The summed E-state index contributed by atoms with van der Waals surface area (Å²) in [6, 6.07) is 14.6. The van der Waals surface area contributed by atoms with E-state index in [0.29, 0.717) is 23.8 Å². The summed E-state index contributed by atoms with van der Waals surface area (Å²) in [6.07, 6.45) is 16.8. The van der Waals surface area contributed by atoms with E-state index in [1.165, 1.54) is 77.0 Å². The van der Waals surface area contributed by atoms with E-state index in [1.807, 2.05) is 24.3 Å². The molecule has 1 unspecified atom stereocenters. The Hall–Kier alpha value is -2.49. The summed E-state index contributed by atoms with van der Waals surface area (Å²) in [5.41, 5.74) is 0.516. The zero-order valence-electron chi connectivity index (χ0n) is 24.1. The number of esters is 1. The van der Waals surface area contributed by atoms with Gasteiger partial charge < -0.3 is 14.2 Å². The zero-order valence-corrected chi connectivity index (χ0v) is 24.1. The minimum atomic E-state index is -0.368. The van der Waals surface area contributed by atoms with Crippen LogP contribution >= 0.6 is 0 Å². The largest absolute Gasteiger partial charge is 0.494 e. The average molecular weight is 523 g/mol. The average Bonchev–Trinajstić information content (AvgIpc) is 2.95. The molecule has 1 saturated carbocycles. The number of hydrogen-bond donors (Lipinski definition) is 0. The maximum Gasteiger partial charge on any atom is 0.343 e. The first-order valence-electron chi connectivity index (χ1n) is 15.2. The standard InChI is InChI=1S/C34H50O4/c1-4-6-8-12-28-13-15-29(16-14-28)26-37-32-19-17-30(18-20-32)34(35)38-33-23-21-31(22-24-33)36-25-10-7-9-11-27(3)5-2/h17-24,27-29H,4-16,25-26H2,1-3H3/t27?,28-,29-. The highest BCUT2D eigenvalue weighted by atomic mass is 16.5.